The Morgan fingerprint density at radius 2 is 2.29 bits per heavy atom. The fourth-order valence-corrected chi connectivity index (χ4v) is 2.50. The van der Waals surface area contributed by atoms with Crippen molar-refractivity contribution in [3.63, 3.8) is 0 Å². The van der Waals surface area contributed by atoms with Crippen molar-refractivity contribution < 1.29 is 13.9 Å². The quantitative estimate of drug-likeness (QED) is 0.770. The second-order valence-electron chi connectivity index (χ2n) is 4.52. The van der Waals surface area contributed by atoms with Crippen LogP contribution in [0.2, 0.25) is 0 Å². The van der Waals surface area contributed by atoms with Gasteiger partial charge in [0, 0.05) is 6.61 Å². The third-order valence-corrected chi connectivity index (χ3v) is 3.97. The first-order valence-electron chi connectivity index (χ1n) is 5.68. The first-order chi connectivity index (χ1) is 8.07. The Hall–Kier alpha value is -0.800. The number of halogens is 2. The first kappa shape index (κ1) is 12.7. The van der Waals surface area contributed by atoms with Crippen molar-refractivity contribution in [3.8, 4) is 5.75 Å². The van der Waals surface area contributed by atoms with Crippen LogP contribution in [-0.2, 0) is 4.74 Å². The van der Waals surface area contributed by atoms with E-state index in [1.54, 1.807) is 12.1 Å². The third-order valence-electron chi connectivity index (χ3n) is 3.25. The zero-order valence-electron chi connectivity index (χ0n) is 10.0. The van der Waals surface area contributed by atoms with Gasteiger partial charge in [-0.1, -0.05) is 6.07 Å². The molecule has 1 heterocycles. The van der Waals surface area contributed by atoms with Crippen molar-refractivity contribution in [3.05, 3.63) is 29.6 Å². The molecule has 0 radical (unpaired) electrons. The molecule has 1 aromatic carbocycles. The highest BCUT2D eigenvalue weighted by molar-refractivity contribution is 6.21. The molecule has 1 aliphatic rings. The fourth-order valence-electron chi connectivity index (χ4n) is 2.19. The molecule has 0 aliphatic carbocycles. The molecule has 1 aromatic rings. The van der Waals surface area contributed by atoms with E-state index < -0.39 is 11.4 Å². The Kier molecular flexibility index (Phi) is 3.59. The fraction of sp³-hybridized carbons (Fsp3) is 0.538. The van der Waals surface area contributed by atoms with Crippen LogP contribution in [0.25, 0.3) is 0 Å². The van der Waals surface area contributed by atoms with Gasteiger partial charge in [0.2, 0.25) is 0 Å². The summed E-state index contributed by atoms with van der Waals surface area (Å²) in [5.74, 6) is -0.160. The highest BCUT2D eigenvalue weighted by Crippen LogP contribution is 2.42. The predicted octanol–water partition coefficient (Wildman–Crippen LogP) is 3.68. The van der Waals surface area contributed by atoms with E-state index >= 15 is 0 Å². The van der Waals surface area contributed by atoms with Gasteiger partial charge in [-0.05, 0) is 37.5 Å². The van der Waals surface area contributed by atoms with Crippen molar-refractivity contribution in [1.82, 2.24) is 0 Å². The van der Waals surface area contributed by atoms with Crippen LogP contribution in [0.1, 0.15) is 30.7 Å². The smallest absolute Gasteiger partial charge is 0.165 e. The zero-order valence-corrected chi connectivity index (χ0v) is 10.8. The number of hydrogen-bond acceptors (Lipinski definition) is 2. The molecule has 2 unspecified atom stereocenters. The van der Waals surface area contributed by atoms with Gasteiger partial charge < -0.3 is 9.47 Å². The van der Waals surface area contributed by atoms with Gasteiger partial charge in [0.1, 0.15) is 0 Å². The molecule has 4 heteroatoms. The number of methoxy groups -OCH3 is 1. The lowest BCUT2D eigenvalue weighted by atomic mass is 9.93. The second kappa shape index (κ2) is 4.83. The van der Waals surface area contributed by atoms with E-state index in [0.717, 1.165) is 25.0 Å². The number of hydrogen-bond donors (Lipinski definition) is 0. The lowest BCUT2D eigenvalue weighted by Gasteiger charge is -2.29. The van der Waals surface area contributed by atoms with Gasteiger partial charge in [-0.3, -0.25) is 0 Å². The van der Waals surface area contributed by atoms with Gasteiger partial charge in [0.05, 0.1) is 18.1 Å². The summed E-state index contributed by atoms with van der Waals surface area (Å²) in [5.41, 5.74) is 0.331. The highest BCUT2D eigenvalue weighted by Gasteiger charge is 2.38. The first-order valence-corrected chi connectivity index (χ1v) is 6.12. The molecule has 1 saturated heterocycles. The predicted molar refractivity (Wildman–Crippen MR) is 65.1 cm³/mol. The van der Waals surface area contributed by atoms with Gasteiger partial charge in [-0.25, -0.2) is 4.39 Å². The number of rotatable bonds is 3. The van der Waals surface area contributed by atoms with E-state index in [1.165, 1.54) is 13.2 Å². The van der Waals surface area contributed by atoms with Gasteiger partial charge in [0.25, 0.3) is 0 Å². The molecule has 0 saturated carbocycles. The molecular formula is C13H16ClFO2. The van der Waals surface area contributed by atoms with E-state index in [2.05, 4.69) is 0 Å². The molecular weight excluding hydrogens is 243 g/mol. The van der Waals surface area contributed by atoms with E-state index in [4.69, 9.17) is 21.1 Å². The van der Waals surface area contributed by atoms with Crippen molar-refractivity contribution in [1.29, 1.82) is 0 Å². The van der Waals surface area contributed by atoms with E-state index in [0.29, 0.717) is 0 Å². The molecule has 0 aromatic heterocycles. The Labute approximate surface area is 106 Å². The van der Waals surface area contributed by atoms with E-state index in [9.17, 15) is 4.39 Å². The molecule has 0 amide bonds. The minimum Gasteiger partial charge on any atom is -0.494 e. The molecule has 17 heavy (non-hydrogen) atoms. The largest absolute Gasteiger partial charge is 0.494 e. The number of benzene rings is 1. The molecule has 0 N–H and O–H groups in total. The average Bonchev–Trinajstić information content (AvgIpc) is 2.76. The summed E-state index contributed by atoms with van der Waals surface area (Å²) in [4.78, 5) is 0. The van der Waals surface area contributed by atoms with Crippen molar-refractivity contribution in [2.45, 2.75) is 30.7 Å². The normalized spacial score (nSPS) is 25.9. The molecule has 2 rings (SSSR count). The minimum atomic E-state index is -0.400. The summed E-state index contributed by atoms with van der Waals surface area (Å²) in [7, 11) is 1.44. The molecule has 1 aliphatic heterocycles. The van der Waals surface area contributed by atoms with Crippen LogP contribution in [0.3, 0.4) is 0 Å². The van der Waals surface area contributed by atoms with Gasteiger partial charge in [-0.2, -0.15) is 0 Å². The van der Waals surface area contributed by atoms with Gasteiger partial charge >= 0.3 is 0 Å². The Morgan fingerprint density at radius 1 is 1.53 bits per heavy atom. The van der Waals surface area contributed by atoms with Gasteiger partial charge in [0.15, 0.2) is 11.6 Å². The van der Waals surface area contributed by atoms with E-state index in [-0.39, 0.29) is 11.1 Å². The van der Waals surface area contributed by atoms with Crippen molar-refractivity contribution in [2.75, 3.05) is 13.7 Å². The molecule has 94 valence electrons. The maximum Gasteiger partial charge on any atom is 0.165 e. The summed E-state index contributed by atoms with van der Waals surface area (Å²) in [6, 6.07) is 4.80. The Morgan fingerprint density at radius 3 is 2.82 bits per heavy atom. The SMILES string of the molecule is COc1ccc(C(Cl)C2(C)CCCO2)cc1F. The summed E-state index contributed by atoms with van der Waals surface area (Å²) in [5, 5.41) is -0.342. The van der Waals surface area contributed by atoms with Crippen LogP contribution in [0.4, 0.5) is 4.39 Å². The third kappa shape index (κ3) is 2.40. The van der Waals surface area contributed by atoms with Gasteiger partial charge in [-0.15, -0.1) is 11.6 Å². The molecule has 2 atom stereocenters. The lowest BCUT2D eigenvalue weighted by molar-refractivity contribution is 0.0163. The lowest BCUT2D eigenvalue weighted by Crippen LogP contribution is -2.28. The molecule has 1 fully saturated rings. The van der Waals surface area contributed by atoms with Crippen LogP contribution in [0, 0.1) is 5.82 Å². The van der Waals surface area contributed by atoms with Crippen LogP contribution in [0.5, 0.6) is 5.75 Å². The summed E-state index contributed by atoms with van der Waals surface area (Å²) < 4.78 is 24.1. The topological polar surface area (TPSA) is 18.5 Å². The second-order valence-corrected chi connectivity index (χ2v) is 4.96. The monoisotopic (exact) mass is 258 g/mol. The molecule has 0 bridgehead atoms. The minimum absolute atomic E-state index is 0.232. The maximum atomic E-state index is 13.6. The highest BCUT2D eigenvalue weighted by atomic mass is 35.5. The summed E-state index contributed by atoms with van der Waals surface area (Å²) in [6.45, 7) is 2.69. The number of alkyl halides is 1. The Bertz CT molecular complexity index is 402. The van der Waals surface area contributed by atoms with Crippen molar-refractivity contribution in [2.24, 2.45) is 0 Å². The molecule has 0 spiro atoms. The number of ether oxygens (including phenoxy) is 2. The van der Waals surface area contributed by atoms with Crippen LogP contribution < -0.4 is 4.74 Å². The Balaban J connectivity index is 2.25. The van der Waals surface area contributed by atoms with Crippen LogP contribution in [0.15, 0.2) is 18.2 Å². The average molecular weight is 259 g/mol. The standard InChI is InChI=1S/C13H16ClFO2/c1-13(6-3-7-17-13)12(14)9-4-5-11(16-2)10(15)8-9/h4-5,8,12H,3,6-7H2,1-2H3. The summed E-state index contributed by atoms with van der Waals surface area (Å²) >= 11 is 6.39. The zero-order chi connectivity index (χ0) is 12.5. The molecule has 2 nitrogen and oxygen atoms in total. The summed E-state index contributed by atoms with van der Waals surface area (Å²) in [6.07, 6.45) is 1.90. The van der Waals surface area contributed by atoms with E-state index in [1.807, 2.05) is 6.92 Å². The van der Waals surface area contributed by atoms with Crippen LogP contribution in [-0.4, -0.2) is 19.3 Å². The van der Waals surface area contributed by atoms with Crippen LogP contribution >= 0.6 is 11.6 Å². The van der Waals surface area contributed by atoms with Crippen molar-refractivity contribution >= 4 is 11.6 Å². The maximum absolute atomic E-state index is 13.6.